The zero-order valence-electron chi connectivity index (χ0n) is 9.19. The molecule has 3 nitrogen and oxygen atoms in total. The number of methoxy groups -OCH3 is 1. The van der Waals surface area contributed by atoms with Crippen molar-refractivity contribution in [2.24, 2.45) is 7.05 Å². The van der Waals surface area contributed by atoms with Crippen LogP contribution in [-0.2, 0) is 7.05 Å². The lowest BCUT2D eigenvalue weighted by Crippen LogP contribution is -1.89. The van der Waals surface area contributed by atoms with Crippen molar-refractivity contribution in [3.8, 4) is 17.0 Å². The predicted molar refractivity (Wildman–Crippen MR) is 59.9 cm³/mol. The maximum atomic E-state index is 5.23. The standard InChI is InChI=1S/C12H14N2O/c1-9-5-4-6-10(7-9)11-8-14(2)13-12(11)15-3/h4-8H,1-3H3. The average molecular weight is 202 g/mol. The van der Waals surface area contributed by atoms with Crippen LogP contribution in [0.3, 0.4) is 0 Å². The minimum absolute atomic E-state index is 0.670. The van der Waals surface area contributed by atoms with Gasteiger partial charge in [0.05, 0.1) is 12.7 Å². The average Bonchev–Trinajstić information content (AvgIpc) is 2.59. The second-order valence-electron chi connectivity index (χ2n) is 3.60. The summed E-state index contributed by atoms with van der Waals surface area (Å²) < 4.78 is 6.99. The van der Waals surface area contributed by atoms with Gasteiger partial charge in [-0.1, -0.05) is 29.8 Å². The van der Waals surface area contributed by atoms with E-state index in [1.54, 1.807) is 11.8 Å². The zero-order chi connectivity index (χ0) is 10.8. The first-order valence-electron chi connectivity index (χ1n) is 4.85. The highest BCUT2D eigenvalue weighted by Crippen LogP contribution is 2.28. The summed E-state index contributed by atoms with van der Waals surface area (Å²) in [6.07, 6.45) is 1.97. The maximum Gasteiger partial charge on any atom is 0.240 e. The van der Waals surface area contributed by atoms with Crippen molar-refractivity contribution in [3.05, 3.63) is 36.0 Å². The van der Waals surface area contributed by atoms with Crippen molar-refractivity contribution >= 4 is 0 Å². The van der Waals surface area contributed by atoms with Gasteiger partial charge in [0.15, 0.2) is 0 Å². The van der Waals surface area contributed by atoms with Crippen LogP contribution in [0.4, 0.5) is 0 Å². The van der Waals surface area contributed by atoms with E-state index in [1.807, 2.05) is 19.3 Å². The van der Waals surface area contributed by atoms with Gasteiger partial charge in [-0.25, -0.2) is 0 Å². The number of ether oxygens (including phenoxy) is 1. The molecular formula is C12H14N2O. The Hall–Kier alpha value is -1.77. The molecule has 0 fully saturated rings. The third-order valence-electron chi connectivity index (χ3n) is 2.32. The summed E-state index contributed by atoms with van der Waals surface area (Å²) >= 11 is 0. The fourth-order valence-electron chi connectivity index (χ4n) is 1.63. The summed E-state index contributed by atoms with van der Waals surface area (Å²) in [5.41, 5.74) is 3.40. The molecule has 0 spiro atoms. The smallest absolute Gasteiger partial charge is 0.240 e. The quantitative estimate of drug-likeness (QED) is 0.747. The van der Waals surface area contributed by atoms with Crippen molar-refractivity contribution in [3.63, 3.8) is 0 Å². The van der Waals surface area contributed by atoms with Crippen LogP contribution in [0.2, 0.25) is 0 Å². The molecule has 0 atom stereocenters. The molecule has 15 heavy (non-hydrogen) atoms. The Labute approximate surface area is 89.3 Å². The van der Waals surface area contributed by atoms with Crippen LogP contribution in [0.5, 0.6) is 5.88 Å². The topological polar surface area (TPSA) is 27.1 Å². The van der Waals surface area contributed by atoms with Gasteiger partial charge in [0.1, 0.15) is 0 Å². The summed E-state index contributed by atoms with van der Waals surface area (Å²) in [5.74, 6) is 0.670. The Balaban J connectivity index is 2.53. The number of aryl methyl sites for hydroxylation is 2. The number of aromatic nitrogens is 2. The summed E-state index contributed by atoms with van der Waals surface area (Å²) in [7, 11) is 3.53. The fraction of sp³-hybridized carbons (Fsp3) is 0.250. The van der Waals surface area contributed by atoms with Crippen molar-refractivity contribution in [1.82, 2.24) is 9.78 Å². The lowest BCUT2D eigenvalue weighted by Gasteiger charge is -2.01. The minimum atomic E-state index is 0.670. The number of hydrogen-bond donors (Lipinski definition) is 0. The molecule has 78 valence electrons. The first-order chi connectivity index (χ1) is 7.20. The maximum absolute atomic E-state index is 5.23. The molecule has 1 heterocycles. The van der Waals surface area contributed by atoms with E-state index in [0.29, 0.717) is 5.88 Å². The monoisotopic (exact) mass is 202 g/mol. The van der Waals surface area contributed by atoms with E-state index in [4.69, 9.17) is 4.74 Å². The second kappa shape index (κ2) is 3.77. The molecule has 0 saturated carbocycles. The van der Waals surface area contributed by atoms with Crippen molar-refractivity contribution in [2.75, 3.05) is 7.11 Å². The van der Waals surface area contributed by atoms with E-state index < -0.39 is 0 Å². The molecule has 3 heteroatoms. The predicted octanol–water partition coefficient (Wildman–Crippen LogP) is 2.40. The van der Waals surface area contributed by atoms with Gasteiger partial charge < -0.3 is 4.74 Å². The number of rotatable bonds is 2. The molecule has 0 amide bonds. The summed E-state index contributed by atoms with van der Waals surface area (Å²) in [4.78, 5) is 0. The van der Waals surface area contributed by atoms with E-state index >= 15 is 0 Å². The van der Waals surface area contributed by atoms with E-state index in [0.717, 1.165) is 11.1 Å². The second-order valence-corrected chi connectivity index (χ2v) is 3.60. The number of hydrogen-bond acceptors (Lipinski definition) is 2. The van der Waals surface area contributed by atoms with Crippen LogP contribution >= 0.6 is 0 Å². The molecule has 2 rings (SSSR count). The van der Waals surface area contributed by atoms with Crippen LogP contribution in [0.15, 0.2) is 30.5 Å². The molecule has 1 aromatic carbocycles. The lowest BCUT2D eigenvalue weighted by atomic mass is 10.1. The van der Waals surface area contributed by atoms with E-state index in [-0.39, 0.29) is 0 Å². The molecule has 0 aliphatic rings. The van der Waals surface area contributed by atoms with Gasteiger partial charge in [0, 0.05) is 13.2 Å². The molecular weight excluding hydrogens is 188 g/mol. The highest BCUT2D eigenvalue weighted by Gasteiger charge is 2.09. The third kappa shape index (κ3) is 1.86. The Morgan fingerprint density at radius 2 is 2.13 bits per heavy atom. The fourth-order valence-corrected chi connectivity index (χ4v) is 1.63. The van der Waals surface area contributed by atoms with Crippen LogP contribution in [0.25, 0.3) is 11.1 Å². The molecule has 2 aromatic rings. The Morgan fingerprint density at radius 1 is 1.33 bits per heavy atom. The summed E-state index contributed by atoms with van der Waals surface area (Å²) in [6, 6.07) is 8.30. The van der Waals surface area contributed by atoms with Crippen molar-refractivity contribution in [1.29, 1.82) is 0 Å². The largest absolute Gasteiger partial charge is 0.479 e. The minimum Gasteiger partial charge on any atom is -0.479 e. The number of benzene rings is 1. The van der Waals surface area contributed by atoms with Gasteiger partial charge in [-0.05, 0) is 12.5 Å². The summed E-state index contributed by atoms with van der Waals surface area (Å²) in [5, 5.41) is 4.23. The van der Waals surface area contributed by atoms with Crippen LogP contribution in [-0.4, -0.2) is 16.9 Å². The van der Waals surface area contributed by atoms with Gasteiger partial charge in [-0.3, -0.25) is 4.68 Å². The van der Waals surface area contributed by atoms with E-state index in [1.165, 1.54) is 5.56 Å². The Kier molecular flexibility index (Phi) is 2.46. The van der Waals surface area contributed by atoms with Gasteiger partial charge in [0.25, 0.3) is 0 Å². The molecule has 0 aliphatic heterocycles. The van der Waals surface area contributed by atoms with Gasteiger partial charge in [-0.2, -0.15) is 0 Å². The molecule has 0 N–H and O–H groups in total. The molecule has 0 bridgehead atoms. The highest BCUT2D eigenvalue weighted by atomic mass is 16.5. The zero-order valence-corrected chi connectivity index (χ0v) is 9.19. The van der Waals surface area contributed by atoms with Crippen molar-refractivity contribution < 1.29 is 4.74 Å². The molecule has 0 saturated heterocycles. The summed E-state index contributed by atoms with van der Waals surface area (Å²) in [6.45, 7) is 2.08. The van der Waals surface area contributed by atoms with Gasteiger partial charge in [0.2, 0.25) is 5.88 Å². The van der Waals surface area contributed by atoms with Crippen molar-refractivity contribution in [2.45, 2.75) is 6.92 Å². The number of nitrogens with zero attached hydrogens (tertiary/aromatic N) is 2. The molecule has 0 radical (unpaired) electrons. The van der Waals surface area contributed by atoms with E-state index in [2.05, 4.69) is 30.2 Å². The normalized spacial score (nSPS) is 10.3. The van der Waals surface area contributed by atoms with Gasteiger partial charge >= 0.3 is 0 Å². The van der Waals surface area contributed by atoms with Crippen LogP contribution < -0.4 is 4.74 Å². The Morgan fingerprint density at radius 3 is 2.80 bits per heavy atom. The lowest BCUT2D eigenvalue weighted by molar-refractivity contribution is 0.393. The molecule has 1 aromatic heterocycles. The third-order valence-corrected chi connectivity index (χ3v) is 2.32. The SMILES string of the molecule is COc1nn(C)cc1-c1cccc(C)c1. The first kappa shape index (κ1) is 9.77. The highest BCUT2D eigenvalue weighted by molar-refractivity contribution is 5.68. The molecule has 0 unspecified atom stereocenters. The Bertz CT molecular complexity index is 474. The first-order valence-corrected chi connectivity index (χ1v) is 4.85. The van der Waals surface area contributed by atoms with Crippen LogP contribution in [0.1, 0.15) is 5.56 Å². The van der Waals surface area contributed by atoms with E-state index in [9.17, 15) is 0 Å². The van der Waals surface area contributed by atoms with Crippen LogP contribution in [0, 0.1) is 6.92 Å². The van der Waals surface area contributed by atoms with Gasteiger partial charge in [-0.15, -0.1) is 5.10 Å². The molecule has 0 aliphatic carbocycles.